The van der Waals surface area contributed by atoms with Crippen LogP contribution in [-0.2, 0) is 0 Å². The molecular weight excluding hydrogens is 140 g/mol. The van der Waals surface area contributed by atoms with Crippen molar-refractivity contribution in [3.63, 3.8) is 0 Å². The maximum Gasteiger partial charge on any atom is 0.252 e. The Morgan fingerprint density at radius 2 is 2.27 bits per heavy atom. The number of nitrogens with zero attached hydrogens (tertiary/aromatic N) is 1. The van der Waals surface area contributed by atoms with Crippen molar-refractivity contribution in [3.05, 3.63) is 29.6 Å². The Kier molecular flexibility index (Phi) is 2.21. The van der Waals surface area contributed by atoms with Crippen molar-refractivity contribution in [1.82, 2.24) is 10.3 Å². The van der Waals surface area contributed by atoms with Gasteiger partial charge in [-0.15, -0.1) is 0 Å². The van der Waals surface area contributed by atoms with Gasteiger partial charge in [-0.25, -0.2) is 0 Å². The molecule has 1 rings (SSSR count). The number of amides is 1. The van der Waals surface area contributed by atoms with E-state index in [1.807, 2.05) is 6.92 Å². The van der Waals surface area contributed by atoms with Crippen LogP contribution in [0.5, 0.6) is 0 Å². The minimum atomic E-state index is -0.0961. The smallest absolute Gasteiger partial charge is 0.252 e. The van der Waals surface area contributed by atoms with Crippen LogP contribution in [0, 0.1) is 6.92 Å². The van der Waals surface area contributed by atoms with Crippen LogP contribution in [0.2, 0.25) is 0 Å². The highest BCUT2D eigenvalue weighted by Gasteiger charge is 2.01. The highest BCUT2D eigenvalue weighted by atomic mass is 16.1. The third kappa shape index (κ3) is 1.77. The first-order chi connectivity index (χ1) is 5.24. The molecule has 3 nitrogen and oxygen atoms in total. The van der Waals surface area contributed by atoms with Crippen LogP contribution < -0.4 is 5.32 Å². The predicted molar refractivity (Wildman–Crippen MR) is 42.4 cm³/mol. The summed E-state index contributed by atoms with van der Waals surface area (Å²) < 4.78 is 0. The Hall–Kier alpha value is -1.38. The second-order valence-corrected chi connectivity index (χ2v) is 2.33. The van der Waals surface area contributed by atoms with E-state index in [-0.39, 0.29) is 5.91 Å². The molecule has 0 aliphatic rings. The van der Waals surface area contributed by atoms with Gasteiger partial charge < -0.3 is 5.32 Å². The molecule has 1 amide bonds. The molecule has 0 aliphatic carbocycles. The molecule has 1 aromatic heterocycles. The van der Waals surface area contributed by atoms with Crippen molar-refractivity contribution in [2.24, 2.45) is 0 Å². The topological polar surface area (TPSA) is 42.0 Å². The first kappa shape index (κ1) is 7.72. The molecule has 0 aromatic carbocycles. The maximum atomic E-state index is 11.0. The van der Waals surface area contributed by atoms with Crippen LogP contribution in [-0.4, -0.2) is 17.9 Å². The summed E-state index contributed by atoms with van der Waals surface area (Å²) in [5, 5.41) is 2.53. The van der Waals surface area contributed by atoms with Crippen molar-refractivity contribution >= 4 is 5.91 Å². The van der Waals surface area contributed by atoms with E-state index in [1.165, 1.54) is 0 Å². The number of hydrogen-bond acceptors (Lipinski definition) is 2. The molecular formula is C8H10N2O. The predicted octanol–water partition coefficient (Wildman–Crippen LogP) is 0.750. The maximum absolute atomic E-state index is 11.0. The normalized spacial score (nSPS) is 9.27. The summed E-state index contributed by atoms with van der Waals surface area (Å²) in [6.45, 7) is 1.90. The van der Waals surface area contributed by atoms with Gasteiger partial charge in [0.05, 0.1) is 5.56 Å². The van der Waals surface area contributed by atoms with Crippen LogP contribution in [0.4, 0.5) is 0 Å². The van der Waals surface area contributed by atoms with Crippen molar-refractivity contribution in [3.8, 4) is 0 Å². The van der Waals surface area contributed by atoms with Gasteiger partial charge >= 0.3 is 0 Å². The third-order valence-electron chi connectivity index (χ3n) is 1.36. The summed E-state index contributed by atoms with van der Waals surface area (Å²) in [4.78, 5) is 14.9. The zero-order valence-electron chi connectivity index (χ0n) is 6.59. The molecule has 0 unspecified atom stereocenters. The average Bonchev–Trinajstić information content (AvgIpc) is 2.03. The van der Waals surface area contributed by atoms with Gasteiger partial charge in [-0.05, 0) is 18.6 Å². The Morgan fingerprint density at radius 3 is 2.82 bits per heavy atom. The average molecular weight is 150 g/mol. The lowest BCUT2D eigenvalue weighted by Gasteiger charge is -1.98. The van der Waals surface area contributed by atoms with E-state index in [0.29, 0.717) is 5.56 Å². The van der Waals surface area contributed by atoms with Crippen molar-refractivity contribution in [2.75, 3.05) is 7.05 Å². The standard InChI is InChI=1S/C8H10N2O/c1-6-3-7(5-10-4-6)8(11)9-2/h3-5H,1-2H3,(H,9,11). The second-order valence-electron chi connectivity index (χ2n) is 2.33. The summed E-state index contributed by atoms with van der Waals surface area (Å²) in [6, 6.07) is 1.80. The van der Waals surface area contributed by atoms with Gasteiger partial charge in [0.15, 0.2) is 0 Å². The molecule has 0 radical (unpaired) electrons. The Bertz CT molecular complexity index is 271. The van der Waals surface area contributed by atoms with E-state index in [2.05, 4.69) is 10.3 Å². The quantitative estimate of drug-likeness (QED) is 0.641. The first-order valence-electron chi connectivity index (χ1n) is 3.38. The molecule has 0 fully saturated rings. The monoisotopic (exact) mass is 150 g/mol. The van der Waals surface area contributed by atoms with Gasteiger partial charge in [-0.1, -0.05) is 0 Å². The van der Waals surface area contributed by atoms with Crippen LogP contribution in [0.15, 0.2) is 18.5 Å². The number of aryl methyl sites for hydroxylation is 1. The highest BCUT2D eigenvalue weighted by Crippen LogP contribution is 1.99. The molecule has 0 spiro atoms. The van der Waals surface area contributed by atoms with Gasteiger partial charge in [0.25, 0.3) is 5.91 Å². The number of carbonyl (C=O) groups is 1. The van der Waals surface area contributed by atoms with Crippen molar-refractivity contribution < 1.29 is 4.79 Å². The Labute approximate surface area is 65.5 Å². The number of pyridine rings is 1. The van der Waals surface area contributed by atoms with E-state index >= 15 is 0 Å². The van der Waals surface area contributed by atoms with Gasteiger partial charge in [0, 0.05) is 19.4 Å². The first-order valence-corrected chi connectivity index (χ1v) is 3.38. The van der Waals surface area contributed by atoms with E-state index in [9.17, 15) is 4.79 Å². The van der Waals surface area contributed by atoms with E-state index in [4.69, 9.17) is 0 Å². The van der Waals surface area contributed by atoms with Crippen LogP contribution in [0.3, 0.4) is 0 Å². The third-order valence-corrected chi connectivity index (χ3v) is 1.36. The van der Waals surface area contributed by atoms with Crippen LogP contribution >= 0.6 is 0 Å². The van der Waals surface area contributed by atoms with Gasteiger partial charge in [-0.2, -0.15) is 0 Å². The summed E-state index contributed by atoms with van der Waals surface area (Å²) in [7, 11) is 1.60. The van der Waals surface area contributed by atoms with Crippen LogP contribution in [0.1, 0.15) is 15.9 Å². The van der Waals surface area contributed by atoms with E-state index < -0.39 is 0 Å². The molecule has 58 valence electrons. The largest absolute Gasteiger partial charge is 0.355 e. The fraction of sp³-hybridized carbons (Fsp3) is 0.250. The number of aromatic nitrogens is 1. The fourth-order valence-corrected chi connectivity index (χ4v) is 0.823. The van der Waals surface area contributed by atoms with Gasteiger partial charge in [0.2, 0.25) is 0 Å². The second kappa shape index (κ2) is 3.14. The number of nitrogens with one attached hydrogen (secondary N) is 1. The molecule has 1 aromatic rings. The Balaban J connectivity index is 2.96. The lowest BCUT2D eigenvalue weighted by atomic mass is 10.2. The SMILES string of the molecule is CNC(=O)c1cncc(C)c1. The van der Waals surface area contributed by atoms with Crippen molar-refractivity contribution in [2.45, 2.75) is 6.92 Å². The van der Waals surface area contributed by atoms with E-state index in [1.54, 1.807) is 25.5 Å². The van der Waals surface area contributed by atoms with Crippen LogP contribution in [0.25, 0.3) is 0 Å². The molecule has 11 heavy (non-hydrogen) atoms. The molecule has 0 atom stereocenters. The molecule has 0 saturated carbocycles. The van der Waals surface area contributed by atoms with E-state index in [0.717, 1.165) is 5.56 Å². The fourth-order valence-electron chi connectivity index (χ4n) is 0.823. The number of hydrogen-bond donors (Lipinski definition) is 1. The molecule has 1 heterocycles. The zero-order chi connectivity index (χ0) is 8.27. The summed E-state index contributed by atoms with van der Waals surface area (Å²) in [5.74, 6) is -0.0961. The summed E-state index contributed by atoms with van der Waals surface area (Å²) in [6.07, 6.45) is 3.26. The summed E-state index contributed by atoms with van der Waals surface area (Å²) >= 11 is 0. The number of carbonyl (C=O) groups excluding carboxylic acids is 1. The molecule has 1 N–H and O–H groups in total. The summed E-state index contributed by atoms with van der Waals surface area (Å²) in [5.41, 5.74) is 1.60. The lowest BCUT2D eigenvalue weighted by molar-refractivity contribution is 0.0962. The van der Waals surface area contributed by atoms with Gasteiger partial charge in [0.1, 0.15) is 0 Å². The molecule has 0 saturated heterocycles. The lowest BCUT2D eigenvalue weighted by Crippen LogP contribution is -2.17. The minimum absolute atomic E-state index is 0.0961. The molecule has 0 aliphatic heterocycles. The molecule has 3 heteroatoms. The Morgan fingerprint density at radius 1 is 1.55 bits per heavy atom. The zero-order valence-corrected chi connectivity index (χ0v) is 6.59. The molecule has 0 bridgehead atoms. The van der Waals surface area contributed by atoms with Gasteiger partial charge in [-0.3, -0.25) is 9.78 Å². The number of rotatable bonds is 1. The minimum Gasteiger partial charge on any atom is -0.355 e. The highest BCUT2D eigenvalue weighted by molar-refractivity contribution is 5.93. The van der Waals surface area contributed by atoms with Crippen molar-refractivity contribution in [1.29, 1.82) is 0 Å².